The fourth-order valence-corrected chi connectivity index (χ4v) is 6.52. The monoisotopic (exact) mass is 565 g/mol. The molecule has 0 spiro atoms. The Hall–Kier alpha value is -3.28. The molecule has 0 bridgehead atoms. The van der Waals surface area contributed by atoms with Gasteiger partial charge in [-0.2, -0.15) is 0 Å². The summed E-state index contributed by atoms with van der Waals surface area (Å²) in [4.78, 5) is 38.1. The number of benzene rings is 1. The van der Waals surface area contributed by atoms with Crippen LogP contribution in [0.5, 0.6) is 0 Å². The second kappa shape index (κ2) is 10.7. The Kier molecular flexibility index (Phi) is 7.13. The molecule has 0 unspecified atom stereocenters. The van der Waals surface area contributed by atoms with Crippen molar-refractivity contribution in [3.8, 4) is 0 Å². The topological polar surface area (TPSA) is 70.4 Å². The van der Waals surface area contributed by atoms with Gasteiger partial charge in [-0.05, 0) is 49.6 Å². The molecule has 3 saturated heterocycles. The number of pyridine rings is 1. The summed E-state index contributed by atoms with van der Waals surface area (Å²) in [5, 5.41) is 0. The van der Waals surface area contributed by atoms with E-state index >= 15 is 0 Å². The fourth-order valence-electron chi connectivity index (χ4n) is 5.26. The summed E-state index contributed by atoms with van der Waals surface area (Å²) < 4.78 is 22.1. The van der Waals surface area contributed by atoms with E-state index in [4.69, 9.17) is 21.9 Å². The third-order valence-corrected chi connectivity index (χ3v) is 8.69. The Morgan fingerprint density at radius 2 is 1.90 bits per heavy atom. The minimum Gasteiger partial charge on any atom is -0.376 e. The summed E-state index contributed by atoms with van der Waals surface area (Å²) in [7, 11) is 0. The number of ether oxygens (including phenoxy) is 1. The number of piperazine rings is 1. The Morgan fingerprint density at radius 3 is 2.64 bits per heavy atom. The van der Waals surface area contributed by atoms with Crippen LogP contribution in [0.3, 0.4) is 0 Å². The van der Waals surface area contributed by atoms with Gasteiger partial charge in [-0.15, -0.1) is 0 Å². The first-order chi connectivity index (χ1) is 18.9. The van der Waals surface area contributed by atoms with Gasteiger partial charge in [-0.3, -0.25) is 18.9 Å². The van der Waals surface area contributed by atoms with Crippen LogP contribution in [0.2, 0.25) is 0 Å². The number of aryl methyl sites for hydroxylation is 1. The molecule has 0 N–H and O–H groups in total. The van der Waals surface area contributed by atoms with Crippen molar-refractivity contribution < 1.29 is 13.9 Å². The highest BCUT2D eigenvalue weighted by Gasteiger charge is 2.35. The van der Waals surface area contributed by atoms with Gasteiger partial charge >= 0.3 is 0 Å². The molecule has 5 heterocycles. The highest BCUT2D eigenvalue weighted by atomic mass is 32.2. The van der Waals surface area contributed by atoms with Crippen molar-refractivity contribution in [1.82, 2.24) is 14.3 Å². The van der Waals surface area contributed by atoms with Gasteiger partial charge in [-0.1, -0.05) is 42.2 Å². The lowest BCUT2D eigenvalue weighted by Crippen LogP contribution is -2.47. The number of hydrogen-bond acceptors (Lipinski definition) is 8. The minimum atomic E-state index is -0.255. The van der Waals surface area contributed by atoms with Gasteiger partial charge in [0.15, 0.2) is 0 Å². The van der Waals surface area contributed by atoms with Crippen molar-refractivity contribution in [1.29, 1.82) is 0 Å². The van der Waals surface area contributed by atoms with E-state index in [-0.39, 0.29) is 23.4 Å². The van der Waals surface area contributed by atoms with Crippen molar-refractivity contribution in [3.63, 3.8) is 0 Å². The number of thiocarbonyl (C=S) groups is 1. The summed E-state index contributed by atoms with van der Waals surface area (Å²) in [5.41, 5.74) is 2.11. The fraction of sp³-hybridized carbons (Fsp3) is 0.357. The number of amides is 1. The lowest BCUT2D eigenvalue weighted by Gasteiger charge is -2.37. The number of nitrogens with zero attached hydrogens (tertiary/aromatic N) is 5. The highest BCUT2D eigenvalue weighted by molar-refractivity contribution is 8.26. The van der Waals surface area contributed by atoms with Crippen molar-refractivity contribution >= 4 is 57.4 Å². The van der Waals surface area contributed by atoms with E-state index in [0.717, 1.165) is 18.4 Å². The molecular formula is C28H28FN5O3S2. The van der Waals surface area contributed by atoms with Crippen LogP contribution in [0.4, 0.5) is 15.9 Å². The lowest BCUT2D eigenvalue weighted by atomic mass is 10.2. The molecule has 202 valence electrons. The van der Waals surface area contributed by atoms with E-state index < -0.39 is 0 Å². The standard InChI is InChI=1S/C28H28FN5O3S2/c1-18-8-9-24-30-25(32-12-10-31(11-13-32)22-7-3-2-6-21(22)29)20(26(35)33(24)16-18)15-23-27(36)34(28(38)39-23)17-19-5-4-14-37-19/h2-3,6-9,15-16,19H,4-5,10-14,17H2,1H3/b23-15-/t19-/m1/s1. The largest absolute Gasteiger partial charge is 0.376 e. The van der Waals surface area contributed by atoms with E-state index in [9.17, 15) is 14.0 Å². The minimum absolute atomic E-state index is 0.0240. The smallest absolute Gasteiger partial charge is 0.267 e. The maximum absolute atomic E-state index is 14.4. The Morgan fingerprint density at radius 1 is 1.13 bits per heavy atom. The first-order valence-electron chi connectivity index (χ1n) is 13.0. The third kappa shape index (κ3) is 5.06. The molecule has 3 aliphatic heterocycles. The number of halogens is 1. The van der Waals surface area contributed by atoms with Gasteiger partial charge in [0.25, 0.3) is 11.5 Å². The summed E-state index contributed by atoms with van der Waals surface area (Å²) in [6, 6.07) is 10.5. The van der Waals surface area contributed by atoms with Gasteiger partial charge < -0.3 is 14.5 Å². The number of carbonyl (C=O) groups excluding carboxylic acids is 1. The van der Waals surface area contributed by atoms with Crippen LogP contribution in [-0.2, 0) is 9.53 Å². The SMILES string of the molecule is Cc1ccc2nc(N3CCN(c4ccccc4F)CC3)c(/C=C3\SC(=S)N(C[C@H]4CCCO4)C3=O)c(=O)n2c1. The summed E-state index contributed by atoms with van der Waals surface area (Å²) >= 11 is 6.73. The van der Waals surface area contributed by atoms with Crippen LogP contribution in [-0.4, -0.2) is 69.9 Å². The first kappa shape index (κ1) is 26.0. The molecule has 39 heavy (non-hydrogen) atoms. The average Bonchev–Trinajstić information content (AvgIpc) is 3.55. The molecule has 1 aromatic carbocycles. The number of fused-ring (bicyclic) bond motifs is 1. The maximum atomic E-state index is 14.4. The molecule has 3 aromatic rings. The van der Waals surface area contributed by atoms with Crippen LogP contribution in [0.1, 0.15) is 24.0 Å². The molecule has 3 aliphatic rings. The van der Waals surface area contributed by atoms with Crippen molar-refractivity contribution in [2.75, 3.05) is 49.1 Å². The summed E-state index contributed by atoms with van der Waals surface area (Å²) in [5.74, 6) is 0.0418. The molecule has 8 nitrogen and oxygen atoms in total. The molecule has 2 aromatic heterocycles. The van der Waals surface area contributed by atoms with Gasteiger partial charge in [0.05, 0.1) is 28.8 Å². The molecule has 11 heteroatoms. The van der Waals surface area contributed by atoms with Crippen molar-refractivity contribution in [2.24, 2.45) is 0 Å². The van der Waals surface area contributed by atoms with Gasteiger partial charge in [0, 0.05) is 39.0 Å². The number of para-hydroxylation sites is 1. The Labute approximate surface area is 235 Å². The number of thioether (sulfide) groups is 1. The highest BCUT2D eigenvalue weighted by Crippen LogP contribution is 2.34. The van der Waals surface area contributed by atoms with Crippen LogP contribution >= 0.6 is 24.0 Å². The van der Waals surface area contributed by atoms with Crippen LogP contribution in [0.15, 0.2) is 52.3 Å². The maximum Gasteiger partial charge on any atom is 0.267 e. The van der Waals surface area contributed by atoms with Crippen molar-refractivity contribution in [2.45, 2.75) is 25.9 Å². The third-order valence-electron chi connectivity index (χ3n) is 7.32. The zero-order chi connectivity index (χ0) is 27.1. The predicted molar refractivity (Wildman–Crippen MR) is 156 cm³/mol. The van der Waals surface area contributed by atoms with E-state index in [1.807, 2.05) is 34.9 Å². The zero-order valence-corrected chi connectivity index (χ0v) is 23.1. The number of anilines is 2. The van der Waals surface area contributed by atoms with E-state index in [2.05, 4.69) is 0 Å². The molecule has 3 fully saturated rings. The Balaban J connectivity index is 1.34. The number of aromatic nitrogens is 2. The van der Waals surface area contributed by atoms with E-state index in [1.54, 1.807) is 29.3 Å². The molecule has 1 atom stereocenters. The van der Waals surface area contributed by atoms with Gasteiger partial charge in [0.1, 0.15) is 21.6 Å². The molecule has 0 aliphatic carbocycles. The number of rotatable bonds is 5. The molecule has 6 rings (SSSR count). The van der Waals surface area contributed by atoms with Crippen LogP contribution < -0.4 is 15.4 Å². The Bertz CT molecular complexity index is 1540. The molecule has 1 amide bonds. The molecule has 0 saturated carbocycles. The van der Waals surface area contributed by atoms with Gasteiger partial charge in [0.2, 0.25) is 0 Å². The van der Waals surface area contributed by atoms with Crippen LogP contribution in [0.25, 0.3) is 11.7 Å². The van der Waals surface area contributed by atoms with Crippen LogP contribution in [0, 0.1) is 12.7 Å². The van der Waals surface area contributed by atoms with E-state index in [0.29, 0.717) is 71.3 Å². The number of hydrogen-bond donors (Lipinski definition) is 0. The van der Waals surface area contributed by atoms with Gasteiger partial charge in [-0.25, -0.2) is 9.37 Å². The molecule has 0 radical (unpaired) electrons. The molecular weight excluding hydrogens is 537 g/mol. The zero-order valence-electron chi connectivity index (χ0n) is 21.5. The second-order valence-corrected chi connectivity index (χ2v) is 11.6. The lowest BCUT2D eigenvalue weighted by molar-refractivity contribution is -0.123. The van der Waals surface area contributed by atoms with E-state index in [1.165, 1.54) is 22.2 Å². The predicted octanol–water partition coefficient (Wildman–Crippen LogP) is 3.85. The summed E-state index contributed by atoms with van der Waals surface area (Å²) in [6.07, 6.45) is 5.24. The number of carbonyl (C=O) groups is 1. The quantitative estimate of drug-likeness (QED) is 0.342. The summed E-state index contributed by atoms with van der Waals surface area (Å²) in [6.45, 7) is 5.26. The van der Waals surface area contributed by atoms with Crippen molar-refractivity contribution in [3.05, 3.63) is 74.8 Å². The first-order valence-corrected chi connectivity index (χ1v) is 14.3. The second-order valence-electron chi connectivity index (χ2n) is 9.94. The normalized spacial score (nSPS) is 21.1. The average molecular weight is 566 g/mol.